The predicted molar refractivity (Wildman–Crippen MR) is 70.5 cm³/mol. The highest BCUT2D eigenvalue weighted by Gasteiger charge is 2.52. The standard InChI is InChI=1S/C12H8BrClF3NO2/c13-8-5-11(10(19)20,18-9(8)12(15,16)17)6-1-3-7(14)4-2-6/h1-4,18H,5H2,(H,19,20). The van der Waals surface area contributed by atoms with Crippen molar-refractivity contribution in [3.8, 4) is 0 Å². The summed E-state index contributed by atoms with van der Waals surface area (Å²) in [5.41, 5.74) is -2.73. The smallest absolute Gasteiger partial charge is 0.431 e. The Morgan fingerprint density at radius 2 is 1.90 bits per heavy atom. The van der Waals surface area contributed by atoms with Gasteiger partial charge in [0.15, 0.2) is 5.54 Å². The number of halogens is 5. The highest BCUT2D eigenvalue weighted by atomic mass is 79.9. The van der Waals surface area contributed by atoms with E-state index in [0.717, 1.165) is 0 Å². The number of hydrogen-bond donors (Lipinski definition) is 2. The van der Waals surface area contributed by atoms with Crippen LogP contribution in [0.5, 0.6) is 0 Å². The molecule has 1 aliphatic rings. The van der Waals surface area contributed by atoms with Crippen LogP contribution in [0, 0.1) is 0 Å². The third-order valence-corrected chi connectivity index (χ3v) is 3.94. The van der Waals surface area contributed by atoms with Gasteiger partial charge < -0.3 is 10.4 Å². The van der Waals surface area contributed by atoms with Crippen LogP contribution in [0.1, 0.15) is 12.0 Å². The van der Waals surface area contributed by atoms with Crippen molar-refractivity contribution in [3.63, 3.8) is 0 Å². The topological polar surface area (TPSA) is 49.3 Å². The molecule has 0 saturated carbocycles. The first-order valence-electron chi connectivity index (χ1n) is 5.40. The van der Waals surface area contributed by atoms with Crippen LogP contribution in [0.3, 0.4) is 0 Å². The Bertz CT molecular complexity index is 585. The van der Waals surface area contributed by atoms with E-state index >= 15 is 0 Å². The van der Waals surface area contributed by atoms with E-state index in [9.17, 15) is 23.1 Å². The van der Waals surface area contributed by atoms with E-state index in [4.69, 9.17) is 11.6 Å². The molecular formula is C12H8BrClF3NO2. The van der Waals surface area contributed by atoms with Crippen LogP contribution >= 0.6 is 27.5 Å². The van der Waals surface area contributed by atoms with Crippen molar-refractivity contribution in [1.82, 2.24) is 5.32 Å². The SMILES string of the molecule is O=C(O)C1(c2ccc(Cl)cc2)CC(Br)=C(C(F)(F)F)N1. The van der Waals surface area contributed by atoms with E-state index < -0.39 is 23.4 Å². The minimum absolute atomic E-state index is 0.200. The number of alkyl halides is 3. The Hall–Kier alpha value is -1.21. The van der Waals surface area contributed by atoms with Gasteiger partial charge in [0.1, 0.15) is 5.70 Å². The van der Waals surface area contributed by atoms with Crippen LogP contribution in [-0.4, -0.2) is 17.3 Å². The Kier molecular flexibility index (Phi) is 3.77. The van der Waals surface area contributed by atoms with Crippen LogP contribution in [0.4, 0.5) is 13.2 Å². The quantitative estimate of drug-likeness (QED) is 0.833. The zero-order valence-electron chi connectivity index (χ0n) is 9.76. The molecule has 3 nitrogen and oxygen atoms in total. The van der Waals surface area contributed by atoms with E-state index in [-0.39, 0.29) is 16.5 Å². The number of carboxylic acids is 1. The molecule has 8 heteroatoms. The molecule has 2 rings (SSSR count). The second kappa shape index (κ2) is 4.96. The van der Waals surface area contributed by atoms with Crippen molar-refractivity contribution in [1.29, 1.82) is 0 Å². The molecule has 0 bridgehead atoms. The van der Waals surface area contributed by atoms with Crippen LogP contribution in [-0.2, 0) is 10.3 Å². The summed E-state index contributed by atoms with van der Waals surface area (Å²) in [5.74, 6) is -1.39. The lowest BCUT2D eigenvalue weighted by Crippen LogP contribution is -2.47. The van der Waals surface area contributed by atoms with Crippen molar-refractivity contribution < 1.29 is 23.1 Å². The first-order chi connectivity index (χ1) is 9.17. The molecule has 0 aromatic heterocycles. The maximum Gasteiger partial charge on any atom is 0.431 e. The molecule has 1 aliphatic heterocycles. The van der Waals surface area contributed by atoms with Gasteiger partial charge in [-0.05, 0) is 17.7 Å². The average Bonchev–Trinajstić information content (AvgIpc) is 2.69. The predicted octanol–water partition coefficient (Wildman–Crippen LogP) is 3.78. The molecule has 1 unspecified atom stereocenters. The van der Waals surface area contributed by atoms with Gasteiger partial charge in [0.25, 0.3) is 0 Å². The lowest BCUT2D eigenvalue weighted by Gasteiger charge is -2.27. The van der Waals surface area contributed by atoms with Gasteiger partial charge in [0.05, 0.1) is 0 Å². The Morgan fingerprint density at radius 1 is 1.35 bits per heavy atom. The van der Waals surface area contributed by atoms with E-state index in [0.29, 0.717) is 5.02 Å². The Balaban J connectivity index is 2.47. The summed E-state index contributed by atoms with van der Waals surface area (Å²) in [5, 5.41) is 11.8. The van der Waals surface area contributed by atoms with Crippen molar-refractivity contribution in [2.75, 3.05) is 0 Å². The summed E-state index contributed by atoms with van der Waals surface area (Å²) in [6.45, 7) is 0. The second-order valence-electron chi connectivity index (χ2n) is 4.30. The summed E-state index contributed by atoms with van der Waals surface area (Å²) in [6, 6.07) is 5.65. The van der Waals surface area contributed by atoms with Crippen molar-refractivity contribution in [2.24, 2.45) is 0 Å². The molecule has 1 aromatic rings. The number of carbonyl (C=O) groups is 1. The molecule has 1 aromatic carbocycles. The number of allylic oxidation sites excluding steroid dienone is 1. The summed E-state index contributed by atoms with van der Waals surface area (Å²) in [6.07, 6.45) is -4.98. The molecule has 0 aliphatic carbocycles. The fraction of sp³-hybridized carbons (Fsp3) is 0.250. The fourth-order valence-electron chi connectivity index (χ4n) is 2.03. The van der Waals surface area contributed by atoms with Crippen LogP contribution in [0.15, 0.2) is 34.4 Å². The third kappa shape index (κ3) is 2.52. The molecule has 108 valence electrons. The largest absolute Gasteiger partial charge is 0.479 e. The van der Waals surface area contributed by atoms with Gasteiger partial charge in [-0.1, -0.05) is 39.7 Å². The molecule has 1 atom stereocenters. The van der Waals surface area contributed by atoms with Gasteiger partial charge in [0.2, 0.25) is 0 Å². The zero-order chi connectivity index (χ0) is 15.1. The van der Waals surface area contributed by atoms with Gasteiger partial charge in [-0.15, -0.1) is 0 Å². The van der Waals surface area contributed by atoms with E-state index in [1.54, 1.807) is 0 Å². The van der Waals surface area contributed by atoms with Gasteiger partial charge in [0, 0.05) is 15.9 Å². The highest BCUT2D eigenvalue weighted by molar-refractivity contribution is 9.11. The van der Waals surface area contributed by atoms with Crippen molar-refractivity contribution in [2.45, 2.75) is 18.1 Å². The average molecular weight is 371 g/mol. The van der Waals surface area contributed by atoms with E-state index in [2.05, 4.69) is 21.2 Å². The Labute approximate surface area is 125 Å². The van der Waals surface area contributed by atoms with Crippen LogP contribution < -0.4 is 5.32 Å². The minimum atomic E-state index is -4.65. The number of nitrogens with one attached hydrogen (secondary N) is 1. The molecule has 2 N–H and O–H groups in total. The van der Waals surface area contributed by atoms with Crippen molar-refractivity contribution >= 4 is 33.5 Å². The number of aliphatic carboxylic acids is 1. The van der Waals surface area contributed by atoms with E-state index in [1.807, 2.05) is 0 Å². The molecule has 20 heavy (non-hydrogen) atoms. The molecular weight excluding hydrogens is 362 g/mol. The Morgan fingerprint density at radius 3 is 2.30 bits per heavy atom. The first kappa shape index (κ1) is 15.2. The summed E-state index contributed by atoms with van der Waals surface area (Å²) >= 11 is 8.51. The van der Waals surface area contributed by atoms with Gasteiger partial charge >= 0.3 is 12.1 Å². The first-order valence-corrected chi connectivity index (χ1v) is 6.57. The monoisotopic (exact) mass is 369 g/mol. The normalized spacial score (nSPS) is 22.9. The van der Waals surface area contributed by atoms with Crippen LogP contribution in [0.2, 0.25) is 5.02 Å². The number of benzene rings is 1. The fourth-order valence-corrected chi connectivity index (χ4v) is 2.90. The highest BCUT2D eigenvalue weighted by Crippen LogP contribution is 2.44. The molecule has 0 saturated heterocycles. The number of rotatable bonds is 2. The van der Waals surface area contributed by atoms with E-state index in [1.165, 1.54) is 24.3 Å². The lowest BCUT2D eigenvalue weighted by molar-refractivity contribution is -0.145. The summed E-state index contributed by atoms with van der Waals surface area (Å²) in [7, 11) is 0. The second-order valence-corrected chi connectivity index (χ2v) is 5.69. The number of carboxylic acid groups (broad SMARTS) is 1. The maximum absolute atomic E-state index is 12.8. The zero-order valence-corrected chi connectivity index (χ0v) is 12.1. The van der Waals surface area contributed by atoms with Crippen LogP contribution in [0.25, 0.3) is 0 Å². The maximum atomic E-state index is 12.8. The molecule has 0 amide bonds. The molecule has 1 heterocycles. The minimum Gasteiger partial charge on any atom is -0.479 e. The number of hydrogen-bond acceptors (Lipinski definition) is 2. The summed E-state index contributed by atoms with van der Waals surface area (Å²) in [4.78, 5) is 11.5. The molecule has 0 fully saturated rings. The molecule has 0 radical (unpaired) electrons. The van der Waals surface area contributed by atoms with Crippen molar-refractivity contribution in [3.05, 3.63) is 45.0 Å². The summed E-state index contributed by atoms with van der Waals surface area (Å²) < 4.78 is 38.3. The molecule has 0 spiro atoms. The van der Waals surface area contributed by atoms with Gasteiger partial charge in [-0.25, -0.2) is 4.79 Å². The lowest BCUT2D eigenvalue weighted by atomic mass is 9.88. The van der Waals surface area contributed by atoms with Gasteiger partial charge in [-0.3, -0.25) is 0 Å². The third-order valence-electron chi connectivity index (χ3n) is 3.02. The van der Waals surface area contributed by atoms with Gasteiger partial charge in [-0.2, -0.15) is 13.2 Å².